The molecule has 0 saturated carbocycles. The maximum Gasteiger partial charge on any atom is 0.291 e. The van der Waals surface area contributed by atoms with Crippen molar-refractivity contribution in [1.29, 1.82) is 0 Å². The molecule has 0 spiro atoms. The van der Waals surface area contributed by atoms with Crippen LogP contribution in [0.15, 0.2) is 77.6 Å². The van der Waals surface area contributed by atoms with Gasteiger partial charge in [0.15, 0.2) is 5.82 Å². The summed E-state index contributed by atoms with van der Waals surface area (Å²) in [5.74, 6) is -0.243. The van der Waals surface area contributed by atoms with E-state index in [0.717, 1.165) is 16.9 Å². The van der Waals surface area contributed by atoms with E-state index in [4.69, 9.17) is 11.6 Å². The van der Waals surface area contributed by atoms with Crippen LogP contribution in [0.1, 0.15) is 11.1 Å². The van der Waals surface area contributed by atoms with Crippen molar-refractivity contribution in [3.63, 3.8) is 0 Å². The van der Waals surface area contributed by atoms with E-state index in [-0.39, 0.29) is 22.8 Å². The number of halogens is 2. The molecule has 6 rings (SSSR count). The van der Waals surface area contributed by atoms with E-state index in [9.17, 15) is 14.0 Å². The predicted molar refractivity (Wildman–Crippen MR) is 129 cm³/mol. The Hall–Kier alpha value is -3.88. The third-order valence-electron chi connectivity index (χ3n) is 5.64. The van der Waals surface area contributed by atoms with Crippen LogP contribution in [-0.2, 0) is 11.3 Å². The first-order valence-electron chi connectivity index (χ1n) is 10.3. The Balaban J connectivity index is 1.49. The summed E-state index contributed by atoms with van der Waals surface area (Å²) < 4.78 is 14.8. The van der Waals surface area contributed by atoms with Gasteiger partial charge in [-0.15, -0.1) is 5.10 Å². The molecule has 9 heteroatoms. The van der Waals surface area contributed by atoms with Gasteiger partial charge in [0.2, 0.25) is 4.96 Å². The molecule has 0 aliphatic carbocycles. The minimum atomic E-state index is -0.400. The molecule has 1 aliphatic heterocycles. The standard InChI is InChI=1S/C25H14ClFN4O2S/c26-16-5-3-4-15(12-16)22-28-25-31(29-22)24(33)21(34-25)20-18-6-1-2-7-19(18)30(23(20)32)13-14-8-10-17(27)11-9-14/h1-12H,13H2/b21-20-. The van der Waals surface area contributed by atoms with Gasteiger partial charge in [0.05, 0.1) is 17.8 Å². The number of hydrogen-bond donors (Lipinski definition) is 0. The minimum Gasteiger partial charge on any atom is -0.303 e. The zero-order chi connectivity index (χ0) is 23.4. The number of carbonyl (C=O) groups is 1. The second kappa shape index (κ2) is 7.86. The van der Waals surface area contributed by atoms with Crippen LogP contribution < -0.4 is 15.0 Å². The molecule has 0 unspecified atom stereocenters. The van der Waals surface area contributed by atoms with Gasteiger partial charge in [0.25, 0.3) is 11.5 Å². The number of hydrogen-bond acceptors (Lipinski definition) is 5. The average molecular weight is 489 g/mol. The maximum atomic E-state index is 13.5. The molecule has 3 aromatic carbocycles. The second-order valence-electron chi connectivity index (χ2n) is 7.79. The third-order valence-corrected chi connectivity index (χ3v) is 6.91. The van der Waals surface area contributed by atoms with Gasteiger partial charge in [-0.3, -0.25) is 9.59 Å². The highest BCUT2D eigenvalue weighted by atomic mass is 35.5. The fourth-order valence-electron chi connectivity index (χ4n) is 4.06. The number of carbonyl (C=O) groups excluding carboxylic acids is 1. The predicted octanol–water partition coefficient (Wildman–Crippen LogP) is 4.08. The van der Waals surface area contributed by atoms with E-state index in [0.29, 0.717) is 38.2 Å². The van der Waals surface area contributed by atoms with Crippen molar-refractivity contribution >= 4 is 45.1 Å². The third kappa shape index (κ3) is 3.30. The van der Waals surface area contributed by atoms with Crippen molar-refractivity contribution in [2.24, 2.45) is 0 Å². The van der Waals surface area contributed by atoms with Crippen molar-refractivity contribution in [1.82, 2.24) is 14.6 Å². The van der Waals surface area contributed by atoms with Crippen LogP contribution in [0.5, 0.6) is 0 Å². The molecule has 1 amide bonds. The number of anilines is 1. The molecule has 0 fully saturated rings. The van der Waals surface area contributed by atoms with Crippen molar-refractivity contribution in [3.05, 3.63) is 110 Å². The molecule has 0 saturated heterocycles. The van der Waals surface area contributed by atoms with Gasteiger partial charge >= 0.3 is 0 Å². The Kier molecular flexibility index (Phi) is 4.79. The van der Waals surface area contributed by atoms with Crippen LogP contribution in [0, 0.1) is 5.82 Å². The quantitative estimate of drug-likeness (QED) is 0.384. The van der Waals surface area contributed by atoms with Crippen molar-refractivity contribution < 1.29 is 9.18 Å². The Morgan fingerprint density at radius 3 is 2.53 bits per heavy atom. The molecule has 1 aliphatic rings. The van der Waals surface area contributed by atoms with Crippen LogP contribution >= 0.6 is 22.9 Å². The molecule has 2 aromatic heterocycles. The first-order valence-corrected chi connectivity index (χ1v) is 11.5. The fourth-order valence-corrected chi connectivity index (χ4v) is 5.25. The van der Waals surface area contributed by atoms with Crippen LogP contribution in [0.2, 0.25) is 5.02 Å². The normalized spacial score (nSPS) is 14.8. The molecule has 166 valence electrons. The highest BCUT2D eigenvalue weighted by Gasteiger charge is 2.34. The molecular formula is C25H14ClFN4O2S. The molecule has 0 bridgehead atoms. The smallest absolute Gasteiger partial charge is 0.291 e. The number of nitrogens with zero attached hydrogens (tertiary/aromatic N) is 4. The van der Waals surface area contributed by atoms with E-state index in [1.165, 1.54) is 16.6 Å². The summed E-state index contributed by atoms with van der Waals surface area (Å²) in [6.07, 6.45) is 0. The van der Waals surface area contributed by atoms with Gasteiger partial charge in [-0.25, -0.2) is 4.39 Å². The SMILES string of the molecule is O=C1/C(=c2\sc3nc(-c4cccc(Cl)c4)nn3c2=O)c2ccccc2N1Cc1ccc(F)cc1. The van der Waals surface area contributed by atoms with E-state index in [2.05, 4.69) is 10.1 Å². The summed E-state index contributed by atoms with van der Waals surface area (Å²) in [4.78, 5) is 33.3. The minimum absolute atomic E-state index is 0.257. The summed E-state index contributed by atoms with van der Waals surface area (Å²) in [5, 5.41) is 4.91. The van der Waals surface area contributed by atoms with Crippen LogP contribution in [-0.4, -0.2) is 20.5 Å². The van der Waals surface area contributed by atoms with E-state index >= 15 is 0 Å². The molecule has 6 nitrogen and oxygen atoms in total. The molecule has 34 heavy (non-hydrogen) atoms. The first kappa shape index (κ1) is 20.7. The number of benzene rings is 3. The lowest BCUT2D eigenvalue weighted by molar-refractivity contribution is -0.113. The van der Waals surface area contributed by atoms with Gasteiger partial charge in [0.1, 0.15) is 10.3 Å². The number of amides is 1. The zero-order valence-electron chi connectivity index (χ0n) is 17.4. The number of thiazole rings is 1. The molecule has 0 radical (unpaired) electrons. The van der Waals surface area contributed by atoms with Crippen molar-refractivity contribution in [3.8, 4) is 11.4 Å². The Bertz CT molecular complexity index is 1710. The molecule has 0 N–H and O–H groups in total. The van der Waals surface area contributed by atoms with E-state index in [1.54, 1.807) is 35.2 Å². The van der Waals surface area contributed by atoms with Gasteiger partial charge in [0, 0.05) is 16.1 Å². The first-order chi connectivity index (χ1) is 16.5. The summed E-state index contributed by atoms with van der Waals surface area (Å²) in [6, 6.07) is 20.4. The Labute approximate surface area is 201 Å². The number of rotatable bonds is 3. The van der Waals surface area contributed by atoms with Crippen LogP contribution in [0.4, 0.5) is 10.1 Å². The molecule has 0 atom stereocenters. The van der Waals surface area contributed by atoms with Gasteiger partial charge in [-0.1, -0.05) is 65.4 Å². The summed E-state index contributed by atoms with van der Waals surface area (Å²) in [6.45, 7) is 0.257. The Morgan fingerprint density at radius 2 is 1.76 bits per heavy atom. The number of aromatic nitrogens is 3. The summed E-state index contributed by atoms with van der Waals surface area (Å²) >= 11 is 7.20. The van der Waals surface area contributed by atoms with E-state index in [1.807, 2.05) is 30.3 Å². The molecule has 5 aromatic rings. The largest absolute Gasteiger partial charge is 0.303 e. The van der Waals surface area contributed by atoms with Gasteiger partial charge < -0.3 is 4.90 Å². The van der Waals surface area contributed by atoms with E-state index < -0.39 is 5.56 Å². The summed E-state index contributed by atoms with van der Waals surface area (Å²) in [5.41, 5.74) is 2.77. The van der Waals surface area contributed by atoms with Gasteiger partial charge in [-0.2, -0.15) is 9.50 Å². The lowest BCUT2D eigenvalue weighted by Crippen LogP contribution is -2.32. The topological polar surface area (TPSA) is 67.6 Å². The van der Waals surface area contributed by atoms with Crippen molar-refractivity contribution in [2.45, 2.75) is 6.54 Å². The number of fused-ring (bicyclic) bond motifs is 2. The highest BCUT2D eigenvalue weighted by molar-refractivity contribution is 7.15. The molecule has 3 heterocycles. The second-order valence-corrected chi connectivity index (χ2v) is 9.20. The fraction of sp³-hybridized carbons (Fsp3) is 0.0400. The van der Waals surface area contributed by atoms with Crippen LogP contribution in [0.25, 0.3) is 21.9 Å². The average Bonchev–Trinajstić information content (AvgIpc) is 3.47. The lowest BCUT2D eigenvalue weighted by atomic mass is 10.1. The highest BCUT2D eigenvalue weighted by Crippen LogP contribution is 2.36. The molecular weight excluding hydrogens is 475 g/mol. The Morgan fingerprint density at radius 1 is 0.971 bits per heavy atom. The van der Waals surface area contributed by atoms with Gasteiger partial charge in [-0.05, 0) is 35.9 Å². The van der Waals surface area contributed by atoms with Crippen molar-refractivity contribution in [2.75, 3.05) is 4.90 Å². The lowest BCUT2D eigenvalue weighted by Gasteiger charge is -2.17. The monoisotopic (exact) mass is 488 g/mol. The summed E-state index contributed by atoms with van der Waals surface area (Å²) in [7, 11) is 0. The number of para-hydroxylation sites is 1. The van der Waals surface area contributed by atoms with Crippen LogP contribution in [0.3, 0.4) is 0 Å². The zero-order valence-corrected chi connectivity index (χ0v) is 19.0. The maximum absolute atomic E-state index is 13.5.